The van der Waals surface area contributed by atoms with Crippen molar-refractivity contribution >= 4 is 11.8 Å². The summed E-state index contributed by atoms with van der Waals surface area (Å²) in [6, 6.07) is 12.6. The molecule has 4 nitrogen and oxygen atoms in total. The van der Waals surface area contributed by atoms with Crippen molar-refractivity contribution in [2.45, 2.75) is 26.4 Å². The van der Waals surface area contributed by atoms with Crippen molar-refractivity contribution < 1.29 is 23.5 Å². The van der Waals surface area contributed by atoms with Gasteiger partial charge in [-0.1, -0.05) is 19.1 Å². The van der Waals surface area contributed by atoms with E-state index in [0.29, 0.717) is 16.9 Å². The molecule has 0 saturated heterocycles. The number of benzene rings is 2. The van der Waals surface area contributed by atoms with Crippen LogP contribution in [0.15, 0.2) is 48.5 Å². The maximum atomic E-state index is 13.2. The first kappa shape index (κ1) is 18.6. The topological polar surface area (TPSA) is 52.6 Å². The van der Waals surface area contributed by atoms with Crippen LogP contribution >= 0.6 is 0 Å². The second-order valence-electron chi connectivity index (χ2n) is 5.89. The van der Waals surface area contributed by atoms with Gasteiger partial charge in [0.15, 0.2) is 5.78 Å². The minimum absolute atomic E-state index is 0.0427. The van der Waals surface area contributed by atoms with Gasteiger partial charge < -0.3 is 9.47 Å². The van der Waals surface area contributed by atoms with E-state index in [0.717, 1.165) is 0 Å². The predicted octanol–water partition coefficient (Wildman–Crippen LogP) is 4.35. The molecule has 2 unspecified atom stereocenters. The molecule has 0 saturated carbocycles. The van der Waals surface area contributed by atoms with Gasteiger partial charge in [-0.3, -0.25) is 9.59 Å². The molecule has 5 heteroatoms. The number of carbonyl (C=O) groups is 2. The highest BCUT2D eigenvalue weighted by atomic mass is 19.1. The zero-order chi connectivity index (χ0) is 18.4. The molecule has 0 aliphatic carbocycles. The summed E-state index contributed by atoms with van der Waals surface area (Å²) in [4.78, 5) is 24.5. The van der Waals surface area contributed by atoms with Crippen LogP contribution in [0.2, 0.25) is 0 Å². The van der Waals surface area contributed by atoms with E-state index in [9.17, 15) is 14.0 Å². The first-order valence-corrected chi connectivity index (χ1v) is 8.04. The second kappa shape index (κ2) is 8.42. The Balaban J connectivity index is 1.93. The van der Waals surface area contributed by atoms with E-state index in [1.807, 2.05) is 0 Å². The van der Waals surface area contributed by atoms with E-state index < -0.39 is 18.0 Å². The van der Waals surface area contributed by atoms with E-state index >= 15 is 0 Å². The summed E-state index contributed by atoms with van der Waals surface area (Å²) in [5.74, 6) is -0.953. The number of esters is 1. The summed E-state index contributed by atoms with van der Waals surface area (Å²) in [5.41, 5.74) is 1.08. The number of hydrogen-bond acceptors (Lipinski definition) is 4. The Kier molecular flexibility index (Phi) is 6.28. The Labute approximate surface area is 146 Å². The third-order valence-electron chi connectivity index (χ3n) is 3.92. The smallest absolute Gasteiger partial charge is 0.309 e. The van der Waals surface area contributed by atoms with Crippen LogP contribution in [-0.2, 0) is 9.53 Å². The largest absolute Gasteiger partial charge is 0.497 e. The fourth-order valence-electron chi connectivity index (χ4n) is 2.37. The molecule has 0 radical (unpaired) electrons. The van der Waals surface area contributed by atoms with Crippen LogP contribution < -0.4 is 4.74 Å². The zero-order valence-corrected chi connectivity index (χ0v) is 14.5. The summed E-state index contributed by atoms with van der Waals surface area (Å²) < 4.78 is 23.6. The number of ether oxygens (including phenoxy) is 2. The highest BCUT2D eigenvalue weighted by Crippen LogP contribution is 2.21. The number of halogens is 1. The van der Waals surface area contributed by atoms with E-state index in [-0.39, 0.29) is 18.0 Å². The molecule has 25 heavy (non-hydrogen) atoms. The summed E-state index contributed by atoms with van der Waals surface area (Å²) in [7, 11) is 1.55. The van der Waals surface area contributed by atoms with Crippen LogP contribution in [0.3, 0.4) is 0 Å². The summed E-state index contributed by atoms with van der Waals surface area (Å²) >= 11 is 0. The van der Waals surface area contributed by atoms with Crippen LogP contribution in [0.1, 0.15) is 42.3 Å². The fourth-order valence-corrected chi connectivity index (χ4v) is 2.37. The molecule has 0 bridgehead atoms. The number of hydrogen-bond donors (Lipinski definition) is 0. The number of methoxy groups -OCH3 is 1. The van der Waals surface area contributed by atoms with E-state index in [4.69, 9.17) is 9.47 Å². The molecular weight excluding hydrogens is 323 g/mol. The van der Waals surface area contributed by atoms with Gasteiger partial charge >= 0.3 is 5.97 Å². The molecule has 0 fully saturated rings. The second-order valence-corrected chi connectivity index (χ2v) is 5.89. The Morgan fingerprint density at radius 2 is 1.76 bits per heavy atom. The van der Waals surface area contributed by atoms with Crippen molar-refractivity contribution in [1.29, 1.82) is 0 Å². The van der Waals surface area contributed by atoms with E-state index in [2.05, 4.69) is 0 Å². The van der Waals surface area contributed by atoms with Gasteiger partial charge in [0, 0.05) is 12.0 Å². The lowest BCUT2D eigenvalue weighted by Crippen LogP contribution is -2.20. The standard InChI is InChI=1S/C20H21FO4/c1-13(11-19(22)15-7-9-18(24-3)10-8-15)20(23)25-14(2)16-5-4-6-17(21)12-16/h4-10,12-14H,11H2,1-3H3. The fraction of sp³-hybridized carbons (Fsp3) is 0.300. The lowest BCUT2D eigenvalue weighted by molar-refractivity contribution is -0.152. The Morgan fingerprint density at radius 3 is 2.36 bits per heavy atom. The number of carbonyl (C=O) groups excluding carboxylic acids is 2. The minimum Gasteiger partial charge on any atom is -0.497 e. The van der Waals surface area contributed by atoms with Gasteiger partial charge in [-0.2, -0.15) is 0 Å². The first-order valence-electron chi connectivity index (χ1n) is 8.04. The molecule has 0 amide bonds. The van der Waals surface area contributed by atoms with Crippen molar-refractivity contribution in [3.63, 3.8) is 0 Å². The van der Waals surface area contributed by atoms with Crippen LogP contribution in [0.25, 0.3) is 0 Å². The molecule has 132 valence electrons. The molecule has 0 aliphatic rings. The van der Waals surface area contributed by atoms with Crippen molar-refractivity contribution in [1.82, 2.24) is 0 Å². The lowest BCUT2D eigenvalue weighted by atomic mass is 9.99. The van der Waals surface area contributed by atoms with Crippen molar-refractivity contribution in [2.75, 3.05) is 7.11 Å². The van der Waals surface area contributed by atoms with Gasteiger partial charge in [-0.15, -0.1) is 0 Å². The van der Waals surface area contributed by atoms with E-state index in [1.54, 1.807) is 57.4 Å². The normalized spacial score (nSPS) is 13.0. The van der Waals surface area contributed by atoms with E-state index in [1.165, 1.54) is 12.1 Å². The highest BCUT2D eigenvalue weighted by molar-refractivity contribution is 5.98. The van der Waals surface area contributed by atoms with Crippen LogP contribution in [-0.4, -0.2) is 18.9 Å². The Morgan fingerprint density at radius 1 is 1.08 bits per heavy atom. The first-order chi connectivity index (χ1) is 11.9. The maximum absolute atomic E-state index is 13.2. The average Bonchev–Trinajstić information content (AvgIpc) is 2.61. The molecule has 2 rings (SSSR count). The molecule has 2 atom stereocenters. The van der Waals surface area contributed by atoms with Crippen LogP contribution in [0.4, 0.5) is 4.39 Å². The summed E-state index contributed by atoms with van der Waals surface area (Å²) in [5, 5.41) is 0. The molecule has 0 spiro atoms. The SMILES string of the molecule is COc1ccc(C(=O)CC(C)C(=O)OC(C)c2cccc(F)c2)cc1. The Bertz CT molecular complexity index is 740. The minimum atomic E-state index is -0.592. The maximum Gasteiger partial charge on any atom is 0.309 e. The van der Waals surface area contributed by atoms with Gasteiger partial charge in [-0.05, 0) is 48.9 Å². The highest BCUT2D eigenvalue weighted by Gasteiger charge is 2.22. The van der Waals surface area contributed by atoms with Gasteiger partial charge in [0.1, 0.15) is 17.7 Å². The van der Waals surface area contributed by atoms with Crippen molar-refractivity contribution in [3.8, 4) is 5.75 Å². The molecule has 2 aromatic carbocycles. The molecule has 0 aliphatic heterocycles. The summed E-state index contributed by atoms with van der Waals surface area (Å²) in [6.45, 7) is 3.31. The van der Waals surface area contributed by atoms with Gasteiger partial charge in [0.05, 0.1) is 13.0 Å². The Hall–Kier alpha value is -2.69. The quantitative estimate of drug-likeness (QED) is 0.553. The molecule has 0 heterocycles. The summed E-state index contributed by atoms with van der Waals surface area (Å²) in [6.07, 6.45) is -0.539. The third kappa shape index (κ3) is 5.14. The van der Waals surface area contributed by atoms with Crippen molar-refractivity contribution in [2.24, 2.45) is 5.92 Å². The van der Waals surface area contributed by atoms with Gasteiger partial charge in [0.25, 0.3) is 0 Å². The van der Waals surface area contributed by atoms with Gasteiger partial charge in [-0.25, -0.2) is 4.39 Å². The molecule has 2 aromatic rings. The van der Waals surface area contributed by atoms with Crippen molar-refractivity contribution in [3.05, 3.63) is 65.5 Å². The zero-order valence-electron chi connectivity index (χ0n) is 14.5. The predicted molar refractivity (Wildman–Crippen MR) is 92.0 cm³/mol. The van der Waals surface area contributed by atoms with Gasteiger partial charge in [0.2, 0.25) is 0 Å². The molecule has 0 N–H and O–H groups in total. The molecular formula is C20H21FO4. The molecule has 0 aromatic heterocycles. The lowest BCUT2D eigenvalue weighted by Gasteiger charge is -2.17. The van der Waals surface area contributed by atoms with Crippen LogP contribution in [0.5, 0.6) is 5.75 Å². The average molecular weight is 344 g/mol. The number of rotatable bonds is 7. The third-order valence-corrected chi connectivity index (χ3v) is 3.92. The monoisotopic (exact) mass is 344 g/mol. The van der Waals surface area contributed by atoms with Crippen LogP contribution in [0, 0.1) is 11.7 Å². The number of ketones is 1. The number of Topliss-reactive ketones (excluding diaryl/α,β-unsaturated/α-hetero) is 1.